The lowest BCUT2D eigenvalue weighted by molar-refractivity contribution is 1.15. The first-order chi connectivity index (χ1) is 12.2. The zero-order valence-electron chi connectivity index (χ0n) is 13.1. The minimum atomic E-state index is -0.349. The SMILES string of the molecule is Cc1[nH]c(=O)c(-c2c(Cl)cc(Cl)cc2Cl)cc1-c1c(Cl)cc(Cl)cc1Cl. The van der Waals surface area contributed by atoms with Gasteiger partial charge in [0.25, 0.3) is 5.56 Å². The molecule has 3 aromatic rings. The van der Waals surface area contributed by atoms with Gasteiger partial charge >= 0.3 is 0 Å². The Morgan fingerprint density at radius 1 is 0.654 bits per heavy atom. The minimum absolute atomic E-state index is 0.260. The molecule has 0 saturated carbocycles. The van der Waals surface area contributed by atoms with E-state index in [2.05, 4.69) is 4.98 Å². The number of aryl methyl sites for hydroxylation is 1. The first-order valence-corrected chi connectivity index (χ1v) is 9.49. The van der Waals surface area contributed by atoms with Crippen molar-refractivity contribution in [3.8, 4) is 22.3 Å². The number of hydrogen-bond acceptors (Lipinski definition) is 1. The normalized spacial score (nSPS) is 11.0. The van der Waals surface area contributed by atoms with Crippen LogP contribution in [0.5, 0.6) is 0 Å². The van der Waals surface area contributed by atoms with Gasteiger partial charge in [0.2, 0.25) is 0 Å². The Balaban J connectivity index is 2.34. The van der Waals surface area contributed by atoms with Crippen LogP contribution in [0, 0.1) is 6.92 Å². The zero-order chi connectivity index (χ0) is 19.2. The van der Waals surface area contributed by atoms with Crippen LogP contribution in [0.15, 0.2) is 35.1 Å². The van der Waals surface area contributed by atoms with Gasteiger partial charge in [0.15, 0.2) is 0 Å². The van der Waals surface area contributed by atoms with Crippen LogP contribution >= 0.6 is 69.6 Å². The molecule has 0 atom stereocenters. The monoisotopic (exact) mass is 465 g/mol. The van der Waals surface area contributed by atoms with Crippen molar-refractivity contribution in [2.24, 2.45) is 0 Å². The summed E-state index contributed by atoms with van der Waals surface area (Å²) in [5.41, 5.74) is 2.08. The molecule has 1 heterocycles. The average molecular weight is 468 g/mol. The van der Waals surface area contributed by atoms with Crippen LogP contribution in [-0.4, -0.2) is 4.98 Å². The molecule has 0 aliphatic rings. The molecule has 0 unspecified atom stereocenters. The summed E-state index contributed by atoms with van der Waals surface area (Å²) >= 11 is 37.1. The Labute approximate surface area is 179 Å². The molecule has 0 amide bonds. The first kappa shape index (κ1) is 19.9. The van der Waals surface area contributed by atoms with Crippen LogP contribution in [0.3, 0.4) is 0 Å². The summed E-state index contributed by atoms with van der Waals surface area (Å²) in [5.74, 6) is 0. The van der Waals surface area contributed by atoms with Crippen molar-refractivity contribution >= 4 is 69.6 Å². The van der Waals surface area contributed by atoms with Gasteiger partial charge in [-0.2, -0.15) is 0 Å². The molecule has 1 N–H and O–H groups in total. The predicted molar refractivity (Wildman–Crippen MR) is 113 cm³/mol. The largest absolute Gasteiger partial charge is 0.325 e. The van der Waals surface area contributed by atoms with Crippen LogP contribution in [0.25, 0.3) is 22.3 Å². The van der Waals surface area contributed by atoms with Crippen molar-refractivity contribution < 1.29 is 0 Å². The Morgan fingerprint density at radius 2 is 1.04 bits per heavy atom. The second-order valence-electron chi connectivity index (χ2n) is 5.54. The molecule has 134 valence electrons. The highest BCUT2D eigenvalue weighted by atomic mass is 35.5. The molecule has 0 radical (unpaired) electrons. The van der Waals surface area contributed by atoms with Gasteiger partial charge in [-0.3, -0.25) is 4.79 Å². The van der Waals surface area contributed by atoms with Crippen LogP contribution in [0.2, 0.25) is 30.1 Å². The van der Waals surface area contributed by atoms with Gasteiger partial charge in [-0.1, -0.05) is 69.6 Å². The molecule has 1 aromatic heterocycles. The topological polar surface area (TPSA) is 32.9 Å². The number of H-pyrrole nitrogens is 1. The summed E-state index contributed by atoms with van der Waals surface area (Å²) in [6.45, 7) is 1.74. The maximum atomic E-state index is 12.5. The molecule has 2 nitrogen and oxygen atoms in total. The summed E-state index contributed by atoms with van der Waals surface area (Å²) in [4.78, 5) is 15.3. The van der Waals surface area contributed by atoms with Crippen LogP contribution in [0.4, 0.5) is 0 Å². The summed E-state index contributed by atoms with van der Waals surface area (Å²) in [7, 11) is 0. The van der Waals surface area contributed by atoms with Crippen molar-refractivity contribution in [3.05, 3.63) is 76.5 Å². The minimum Gasteiger partial charge on any atom is -0.325 e. The lowest BCUT2D eigenvalue weighted by Gasteiger charge is -2.14. The quantitative estimate of drug-likeness (QED) is 0.407. The van der Waals surface area contributed by atoms with E-state index in [0.717, 1.165) is 0 Å². The van der Waals surface area contributed by atoms with E-state index in [9.17, 15) is 4.79 Å². The maximum absolute atomic E-state index is 12.5. The fourth-order valence-electron chi connectivity index (χ4n) is 2.67. The molecule has 0 aliphatic carbocycles. The van der Waals surface area contributed by atoms with E-state index in [1.807, 2.05) is 0 Å². The molecule has 3 rings (SSSR count). The number of aromatic amines is 1. The number of benzene rings is 2. The van der Waals surface area contributed by atoms with Gasteiger partial charge in [-0.05, 0) is 37.3 Å². The molecule has 0 saturated heterocycles. The second kappa shape index (κ2) is 7.63. The maximum Gasteiger partial charge on any atom is 0.256 e. The highest BCUT2D eigenvalue weighted by molar-refractivity contribution is 6.43. The smallest absolute Gasteiger partial charge is 0.256 e. The Kier molecular flexibility index (Phi) is 5.83. The van der Waals surface area contributed by atoms with E-state index >= 15 is 0 Å². The van der Waals surface area contributed by atoms with E-state index in [1.165, 1.54) is 12.1 Å². The molecular formula is C18H9Cl6NO. The van der Waals surface area contributed by atoms with Gasteiger partial charge < -0.3 is 4.98 Å². The molecular weight excluding hydrogens is 459 g/mol. The lowest BCUT2D eigenvalue weighted by atomic mass is 9.99. The van der Waals surface area contributed by atoms with E-state index in [-0.39, 0.29) is 21.2 Å². The summed E-state index contributed by atoms with van der Waals surface area (Å²) in [5, 5.41) is 2.02. The fraction of sp³-hybridized carbons (Fsp3) is 0.0556. The van der Waals surface area contributed by atoms with Crippen molar-refractivity contribution in [2.75, 3.05) is 0 Å². The van der Waals surface area contributed by atoms with Crippen LogP contribution < -0.4 is 5.56 Å². The van der Waals surface area contributed by atoms with E-state index < -0.39 is 0 Å². The van der Waals surface area contributed by atoms with Crippen LogP contribution in [0.1, 0.15) is 5.69 Å². The molecule has 0 aliphatic heterocycles. The van der Waals surface area contributed by atoms with Gasteiger partial charge in [-0.25, -0.2) is 0 Å². The number of pyridine rings is 1. The molecule has 0 bridgehead atoms. The Morgan fingerprint density at radius 3 is 1.46 bits per heavy atom. The predicted octanol–water partition coefficient (Wildman–Crippen LogP) is 7.94. The highest BCUT2D eigenvalue weighted by Gasteiger charge is 2.19. The van der Waals surface area contributed by atoms with E-state index in [0.29, 0.717) is 42.5 Å². The van der Waals surface area contributed by atoms with E-state index in [4.69, 9.17) is 69.6 Å². The summed E-state index contributed by atoms with van der Waals surface area (Å²) in [6, 6.07) is 7.85. The first-order valence-electron chi connectivity index (χ1n) is 7.22. The van der Waals surface area contributed by atoms with Crippen molar-refractivity contribution in [3.63, 3.8) is 0 Å². The third-order valence-corrected chi connectivity index (χ3v) is 5.42. The zero-order valence-corrected chi connectivity index (χ0v) is 17.6. The molecule has 26 heavy (non-hydrogen) atoms. The molecule has 0 spiro atoms. The lowest BCUT2D eigenvalue weighted by Crippen LogP contribution is -2.12. The molecule has 0 fully saturated rings. The number of halogens is 6. The number of aromatic nitrogens is 1. The Hall–Kier alpha value is -0.870. The fourth-order valence-corrected chi connectivity index (χ4v) is 4.71. The molecule has 2 aromatic carbocycles. The number of nitrogens with one attached hydrogen (secondary N) is 1. The highest BCUT2D eigenvalue weighted by Crippen LogP contribution is 2.41. The van der Waals surface area contributed by atoms with Crippen LogP contribution in [-0.2, 0) is 0 Å². The van der Waals surface area contributed by atoms with Gasteiger partial charge in [0, 0.05) is 32.4 Å². The Bertz CT molecular complexity index is 1040. The molecule has 8 heteroatoms. The average Bonchev–Trinajstić information content (AvgIpc) is 2.49. The summed E-state index contributed by atoms with van der Waals surface area (Å²) in [6.07, 6.45) is 0. The second-order valence-corrected chi connectivity index (χ2v) is 8.04. The number of rotatable bonds is 2. The van der Waals surface area contributed by atoms with Gasteiger partial charge in [0.05, 0.1) is 25.7 Å². The third-order valence-electron chi connectivity index (χ3n) is 3.79. The van der Waals surface area contributed by atoms with Gasteiger partial charge in [0.1, 0.15) is 0 Å². The van der Waals surface area contributed by atoms with Crippen molar-refractivity contribution in [1.82, 2.24) is 4.98 Å². The van der Waals surface area contributed by atoms with Crippen molar-refractivity contribution in [2.45, 2.75) is 6.92 Å². The third kappa shape index (κ3) is 3.73. The van der Waals surface area contributed by atoms with Gasteiger partial charge in [-0.15, -0.1) is 0 Å². The number of hydrogen-bond donors (Lipinski definition) is 1. The standard InChI is InChI=1S/C18H9Cl6NO/c1-7-10(16-12(21)2-8(19)3-13(16)22)6-11(18(26)25-7)17-14(23)4-9(20)5-15(17)24/h2-6H,1H3,(H,25,26). The van der Waals surface area contributed by atoms with E-state index in [1.54, 1.807) is 25.1 Å². The van der Waals surface area contributed by atoms with Crippen molar-refractivity contribution in [1.29, 1.82) is 0 Å². The summed E-state index contributed by atoms with van der Waals surface area (Å²) < 4.78 is 0.